The van der Waals surface area contributed by atoms with Crippen molar-refractivity contribution in [2.24, 2.45) is 0 Å². The maximum Gasteiger partial charge on any atom is 0.264 e. The summed E-state index contributed by atoms with van der Waals surface area (Å²) in [5, 5.41) is 10.2. The topological polar surface area (TPSA) is 57.6 Å². The summed E-state index contributed by atoms with van der Waals surface area (Å²) in [6.45, 7) is 1.09. The van der Waals surface area contributed by atoms with E-state index in [1.165, 1.54) is 43.3 Å². The van der Waals surface area contributed by atoms with Crippen LogP contribution >= 0.6 is 23.2 Å². The van der Waals surface area contributed by atoms with Crippen molar-refractivity contribution in [2.45, 2.75) is 17.9 Å². The van der Waals surface area contributed by atoms with Gasteiger partial charge >= 0.3 is 0 Å². The number of anilines is 1. The van der Waals surface area contributed by atoms with Gasteiger partial charge in [-0.3, -0.25) is 4.31 Å². The Labute approximate surface area is 144 Å². The maximum absolute atomic E-state index is 14.1. The van der Waals surface area contributed by atoms with Crippen molar-refractivity contribution >= 4 is 38.9 Å². The molecule has 2 aromatic rings. The molecule has 0 saturated heterocycles. The van der Waals surface area contributed by atoms with Crippen molar-refractivity contribution in [1.29, 1.82) is 0 Å². The van der Waals surface area contributed by atoms with E-state index >= 15 is 0 Å². The molecule has 1 atom stereocenters. The minimum Gasteiger partial charge on any atom is -0.392 e. The van der Waals surface area contributed by atoms with Crippen molar-refractivity contribution in [3.63, 3.8) is 0 Å². The molecule has 23 heavy (non-hydrogen) atoms. The molecule has 0 unspecified atom stereocenters. The fourth-order valence-corrected chi connectivity index (χ4v) is 3.81. The Kier molecular flexibility index (Phi) is 5.52. The standard InChI is InChI=1S/C15H14Cl2FNO3S/c1-10(20)9-19(15-8-12(17)4-7-14(15)18)23(21,22)13-5-2-11(16)3-6-13/h2-8,10,20H,9H2,1H3/t10-/m1/s1. The lowest BCUT2D eigenvalue weighted by atomic mass is 10.3. The molecule has 0 saturated carbocycles. The van der Waals surface area contributed by atoms with E-state index in [-0.39, 0.29) is 22.2 Å². The predicted octanol–water partition coefficient (Wildman–Crippen LogP) is 3.71. The Hall–Kier alpha value is -1.34. The second kappa shape index (κ2) is 7.05. The number of benzene rings is 2. The van der Waals surface area contributed by atoms with Gasteiger partial charge in [-0.2, -0.15) is 0 Å². The first-order valence-electron chi connectivity index (χ1n) is 6.63. The second-order valence-corrected chi connectivity index (χ2v) is 7.67. The minimum atomic E-state index is -4.09. The van der Waals surface area contributed by atoms with Crippen molar-refractivity contribution in [3.8, 4) is 0 Å². The van der Waals surface area contributed by atoms with E-state index in [9.17, 15) is 17.9 Å². The Balaban J connectivity index is 2.58. The van der Waals surface area contributed by atoms with Crippen LogP contribution < -0.4 is 4.31 Å². The van der Waals surface area contributed by atoms with Gasteiger partial charge in [0.15, 0.2) is 0 Å². The highest BCUT2D eigenvalue weighted by Gasteiger charge is 2.28. The number of sulfonamides is 1. The van der Waals surface area contributed by atoms with Crippen LogP contribution in [0.5, 0.6) is 0 Å². The molecular formula is C15H14Cl2FNO3S. The summed E-state index contributed by atoms with van der Waals surface area (Å²) in [6.07, 6.45) is -1.00. The third-order valence-electron chi connectivity index (χ3n) is 3.01. The summed E-state index contributed by atoms with van der Waals surface area (Å²) < 4.78 is 40.5. The Bertz CT molecular complexity index is 795. The molecule has 124 valence electrons. The quantitative estimate of drug-likeness (QED) is 0.863. The molecule has 0 spiro atoms. The minimum absolute atomic E-state index is 0.0677. The van der Waals surface area contributed by atoms with Crippen LogP contribution in [0.2, 0.25) is 10.0 Å². The summed E-state index contributed by atoms with van der Waals surface area (Å²) in [4.78, 5) is -0.0677. The van der Waals surface area contributed by atoms with E-state index in [2.05, 4.69) is 0 Å². The maximum atomic E-state index is 14.1. The van der Waals surface area contributed by atoms with Gasteiger partial charge in [0, 0.05) is 10.0 Å². The fraction of sp³-hybridized carbons (Fsp3) is 0.200. The number of nitrogens with zero attached hydrogens (tertiary/aromatic N) is 1. The third-order valence-corrected chi connectivity index (χ3v) is 5.29. The van der Waals surface area contributed by atoms with E-state index < -0.39 is 21.9 Å². The van der Waals surface area contributed by atoms with Crippen LogP contribution in [-0.2, 0) is 10.0 Å². The van der Waals surface area contributed by atoms with Gasteiger partial charge in [-0.05, 0) is 49.4 Å². The summed E-state index contributed by atoms with van der Waals surface area (Å²) in [7, 11) is -4.09. The second-order valence-electron chi connectivity index (χ2n) is 4.93. The van der Waals surface area contributed by atoms with Crippen LogP contribution in [0, 0.1) is 5.82 Å². The average molecular weight is 378 g/mol. The van der Waals surface area contributed by atoms with Gasteiger partial charge in [-0.15, -0.1) is 0 Å². The van der Waals surface area contributed by atoms with Crippen LogP contribution in [0.1, 0.15) is 6.92 Å². The molecule has 2 aromatic carbocycles. The van der Waals surface area contributed by atoms with Gasteiger partial charge in [0.25, 0.3) is 10.0 Å². The molecule has 0 amide bonds. The highest BCUT2D eigenvalue weighted by molar-refractivity contribution is 7.92. The first kappa shape index (κ1) is 18.0. The molecule has 0 aromatic heterocycles. The first-order chi connectivity index (χ1) is 10.7. The molecular weight excluding hydrogens is 364 g/mol. The molecule has 0 aliphatic rings. The molecule has 0 radical (unpaired) electrons. The molecule has 2 rings (SSSR count). The average Bonchev–Trinajstić information content (AvgIpc) is 2.47. The van der Waals surface area contributed by atoms with Crippen LogP contribution in [0.15, 0.2) is 47.4 Å². The fourth-order valence-electron chi connectivity index (χ4n) is 1.98. The molecule has 0 bridgehead atoms. The molecule has 0 aliphatic heterocycles. The zero-order chi connectivity index (χ0) is 17.2. The number of aliphatic hydroxyl groups is 1. The summed E-state index contributed by atoms with van der Waals surface area (Å²) in [5.41, 5.74) is -0.228. The van der Waals surface area contributed by atoms with E-state index in [4.69, 9.17) is 23.2 Å². The van der Waals surface area contributed by atoms with Gasteiger partial charge in [0.05, 0.1) is 23.2 Å². The number of rotatable bonds is 5. The summed E-state index contributed by atoms with van der Waals surface area (Å²) in [5.74, 6) is -0.757. The molecule has 0 heterocycles. The van der Waals surface area contributed by atoms with Crippen molar-refractivity contribution in [1.82, 2.24) is 0 Å². The van der Waals surface area contributed by atoms with Crippen molar-refractivity contribution in [2.75, 3.05) is 10.8 Å². The molecule has 1 N–H and O–H groups in total. The lowest BCUT2D eigenvalue weighted by Gasteiger charge is -2.26. The summed E-state index contributed by atoms with van der Waals surface area (Å²) in [6, 6.07) is 9.06. The normalized spacial score (nSPS) is 12.9. The SMILES string of the molecule is C[C@@H](O)CN(c1cc(Cl)ccc1F)S(=O)(=O)c1ccc(Cl)cc1. The Morgan fingerprint density at radius 3 is 2.26 bits per heavy atom. The van der Waals surface area contributed by atoms with Gasteiger partial charge < -0.3 is 5.11 Å². The molecule has 4 nitrogen and oxygen atoms in total. The van der Waals surface area contributed by atoms with E-state index in [0.717, 1.165) is 10.4 Å². The molecule has 0 fully saturated rings. The number of hydrogen-bond acceptors (Lipinski definition) is 3. The van der Waals surface area contributed by atoms with Crippen molar-refractivity contribution in [3.05, 3.63) is 58.3 Å². The van der Waals surface area contributed by atoms with Crippen LogP contribution in [-0.4, -0.2) is 26.2 Å². The monoisotopic (exact) mass is 377 g/mol. The van der Waals surface area contributed by atoms with Gasteiger partial charge in [-0.1, -0.05) is 23.2 Å². The number of aliphatic hydroxyl groups excluding tert-OH is 1. The highest BCUT2D eigenvalue weighted by atomic mass is 35.5. The first-order valence-corrected chi connectivity index (χ1v) is 8.83. The van der Waals surface area contributed by atoms with Gasteiger partial charge in [0.1, 0.15) is 5.82 Å². The molecule has 8 heteroatoms. The van der Waals surface area contributed by atoms with Crippen LogP contribution in [0.4, 0.5) is 10.1 Å². The zero-order valence-corrected chi connectivity index (χ0v) is 14.4. The van der Waals surface area contributed by atoms with Crippen LogP contribution in [0.25, 0.3) is 0 Å². The highest BCUT2D eigenvalue weighted by Crippen LogP contribution is 2.29. The van der Waals surface area contributed by atoms with Crippen molar-refractivity contribution < 1.29 is 17.9 Å². The van der Waals surface area contributed by atoms with E-state index in [0.29, 0.717) is 5.02 Å². The molecule has 0 aliphatic carbocycles. The van der Waals surface area contributed by atoms with Gasteiger partial charge in [-0.25, -0.2) is 12.8 Å². The van der Waals surface area contributed by atoms with E-state index in [1.807, 2.05) is 0 Å². The van der Waals surface area contributed by atoms with E-state index in [1.54, 1.807) is 0 Å². The summed E-state index contributed by atoms with van der Waals surface area (Å²) >= 11 is 11.6. The zero-order valence-electron chi connectivity index (χ0n) is 12.1. The smallest absolute Gasteiger partial charge is 0.264 e. The number of halogens is 3. The van der Waals surface area contributed by atoms with Gasteiger partial charge in [0.2, 0.25) is 0 Å². The predicted molar refractivity (Wildman–Crippen MR) is 89.1 cm³/mol. The lowest BCUT2D eigenvalue weighted by molar-refractivity contribution is 0.204. The third kappa shape index (κ3) is 4.14. The number of hydrogen-bond donors (Lipinski definition) is 1. The Morgan fingerprint density at radius 1 is 1.13 bits per heavy atom. The largest absolute Gasteiger partial charge is 0.392 e. The lowest BCUT2D eigenvalue weighted by Crippen LogP contribution is -2.37. The Morgan fingerprint density at radius 2 is 1.70 bits per heavy atom. The van der Waals surface area contributed by atoms with Crippen LogP contribution in [0.3, 0.4) is 0 Å².